The summed E-state index contributed by atoms with van der Waals surface area (Å²) in [7, 11) is 0. The molecule has 0 aromatic heterocycles. The summed E-state index contributed by atoms with van der Waals surface area (Å²) in [5.41, 5.74) is -0.713. The molecule has 0 aliphatic carbocycles. The number of hydrogen-bond donors (Lipinski definition) is 2. The average molecular weight is 258 g/mol. The molecule has 1 aromatic rings. The van der Waals surface area contributed by atoms with Crippen LogP contribution in [-0.4, -0.2) is 16.6 Å². The van der Waals surface area contributed by atoms with E-state index in [1.54, 1.807) is 6.07 Å². The second kappa shape index (κ2) is 4.11. The molecule has 0 aliphatic heterocycles. The van der Waals surface area contributed by atoms with Crippen molar-refractivity contribution < 1.29 is 9.90 Å². The molecular formula is C10H12BrNO2. The second-order valence-electron chi connectivity index (χ2n) is 3.49. The molecule has 3 nitrogen and oxygen atoms in total. The van der Waals surface area contributed by atoms with Crippen molar-refractivity contribution in [3.63, 3.8) is 0 Å². The monoisotopic (exact) mass is 257 g/mol. The van der Waals surface area contributed by atoms with Gasteiger partial charge in [0, 0.05) is 4.47 Å². The zero-order valence-corrected chi connectivity index (χ0v) is 9.63. The standard InChI is InChI=1S/C10H12BrNO2/c1-10(2,14)9(13)12-8-6-4-3-5-7(8)11/h3-6,14H,1-2H3,(H,12,13). The van der Waals surface area contributed by atoms with Crippen molar-refractivity contribution >= 4 is 27.5 Å². The van der Waals surface area contributed by atoms with Crippen LogP contribution in [0.25, 0.3) is 0 Å². The highest BCUT2D eigenvalue weighted by molar-refractivity contribution is 9.10. The smallest absolute Gasteiger partial charge is 0.255 e. The molecule has 1 rings (SSSR count). The molecule has 0 bridgehead atoms. The molecular weight excluding hydrogens is 246 g/mol. The number of nitrogens with one attached hydrogen (secondary N) is 1. The fraction of sp³-hybridized carbons (Fsp3) is 0.300. The summed E-state index contributed by atoms with van der Waals surface area (Å²) in [6.07, 6.45) is 0. The number of benzene rings is 1. The van der Waals surface area contributed by atoms with Crippen LogP contribution >= 0.6 is 15.9 Å². The lowest BCUT2D eigenvalue weighted by molar-refractivity contribution is -0.130. The van der Waals surface area contributed by atoms with Crippen molar-refractivity contribution in [3.8, 4) is 0 Å². The van der Waals surface area contributed by atoms with Crippen molar-refractivity contribution in [2.24, 2.45) is 0 Å². The number of carbonyl (C=O) groups is 1. The predicted molar refractivity (Wildman–Crippen MR) is 59.1 cm³/mol. The summed E-state index contributed by atoms with van der Waals surface area (Å²) in [6, 6.07) is 7.24. The van der Waals surface area contributed by atoms with Gasteiger partial charge in [0.25, 0.3) is 5.91 Å². The number of hydrogen-bond acceptors (Lipinski definition) is 2. The lowest BCUT2D eigenvalue weighted by atomic mass is 10.1. The van der Waals surface area contributed by atoms with E-state index >= 15 is 0 Å². The molecule has 0 fully saturated rings. The van der Waals surface area contributed by atoms with Gasteiger partial charge in [-0.05, 0) is 41.9 Å². The van der Waals surface area contributed by atoms with Crippen molar-refractivity contribution in [1.82, 2.24) is 0 Å². The van der Waals surface area contributed by atoms with Crippen LogP contribution in [0.15, 0.2) is 28.7 Å². The van der Waals surface area contributed by atoms with E-state index in [2.05, 4.69) is 21.2 Å². The van der Waals surface area contributed by atoms with E-state index in [-0.39, 0.29) is 0 Å². The van der Waals surface area contributed by atoms with Gasteiger partial charge in [-0.15, -0.1) is 0 Å². The molecule has 0 radical (unpaired) electrons. The Balaban J connectivity index is 2.80. The van der Waals surface area contributed by atoms with Crippen LogP contribution in [-0.2, 0) is 4.79 Å². The maximum absolute atomic E-state index is 11.4. The number of halogens is 1. The molecule has 1 amide bonds. The van der Waals surface area contributed by atoms with Crippen molar-refractivity contribution in [3.05, 3.63) is 28.7 Å². The topological polar surface area (TPSA) is 49.3 Å². The van der Waals surface area contributed by atoms with Gasteiger partial charge in [-0.2, -0.15) is 0 Å². The zero-order chi connectivity index (χ0) is 10.8. The molecule has 0 unspecified atom stereocenters. The minimum Gasteiger partial charge on any atom is -0.381 e. The first-order chi connectivity index (χ1) is 6.41. The Morgan fingerprint density at radius 3 is 2.50 bits per heavy atom. The van der Waals surface area contributed by atoms with Gasteiger partial charge in [0.05, 0.1) is 5.69 Å². The Hall–Kier alpha value is -0.870. The third-order valence-electron chi connectivity index (χ3n) is 1.68. The molecule has 14 heavy (non-hydrogen) atoms. The Kier molecular flexibility index (Phi) is 3.29. The van der Waals surface area contributed by atoms with E-state index in [4.69, 9.17) is 0 Å². The third-order valence-corrected chi connectivity index (χ3v) is 2.37. The van der Waals surface area contributed by atoms with Crippen molar-refractivity contribution in [1.29, 1.82) is 0 Å². The summed E-state index contributed by atoms with van der Waals surface area (Å²) in [4.78, 5) is 11.4. The van der Waals surface area contributed by atoms with Gasteiger partial charge in [0.15, 0.2) is 0 Å². The highest BCUT2D eigenvalue weighted by Crippen LogP contribution is 2.22. The van der Waals surface area contributed by atoms with Crippen LogP contribution in [0.3, 0.4) is 0 Å². The Morgan fingerprint density at radius 2 is 2.00 bits per heavy atom. The first kappa shape index (κ1) is 11.2. The predicted octanol–water partition coefficient (Wildman–Crippen LogP) is 2.16. The number of aliphatic hydroxyl groups is 1. The Bertz CT molecular complexity index is 344. The van der Waals surface area contributed by atoms with Crippen LogP contribution < -0.4 is 5.32 Å². The number of anilines is 1. The molecule has 2 N–H and O–H groups in total. The number of para-hydroxylation sites is 1. The Labute approximate surface area is 91.3 Å². The number of amides is 1. The summed E-state index contributed by atoms with van der Waals surface area (Å²) >= 11 is 3.30. The molecule has 0 aliphatic rings. The summed E-state index contributed by atoms with van der Waals surface area (Å²) in [5.74, 6) is -0.426. The fourth-order valence-electron chi connectivity index (χ4n) is 0.838. The zero-order valence-electron chi connectivity index (χ0n) is 8.04. The van der Waals surface area contributed by atoms with E-state index in [1.165, 1.54) is 13.8 Å². The minimum absolute atomic E-state index is 0.426. The fourth-order valence-corrected chi connectivity index (χ4v) is 1.22. The second-order valence-corrected chi connectivity index (χ2v) is 4.35. The van der Waals surface area contributed by atoms with E-state index < -0.39 is 11.5 Å². The van der Waals surface area contributed by atoms with E-state index in [9.17, 15) is 9.90 Å². The molecule has 4 heteroatoms. The lowest BCUT2D eigenvalue weighted by Crippen LogP contribution is -2.36. The normalized spacial score (nSPS) is 11.1. The average Bonchev–Trinajstić information content (AvgIpc) is 2.07. The maximum Gasteiger partial charge on any atom is 0.255 e. The van der Waals surface area contributed by atoms with Crippen molar-refractivity contribution in [2.45, 2.75) is 19.4 Å². The molecule has 76 valence electrons. The maximum atomic E-state index is 11.4. The van der Waals surface area contributed by atoms with Crippen LogP contribution in [0.1, 0.15) is 13.8 Å². The number of carbonyl (C=O) groups excluding carboxylic acids is 1. The highest BCUT2D eigenvalue weighted by atomic mass is 79.9. The molecule has 0 spiro atoms. The van der Waals surface area contributed by atoms with E-state index in [0.717, 1.165) is 4.47 Å². The first-order valence-corrected chi connectivity index (χ1v) is 4.99. The molecule has 0 saturated heterocycles. The molecule has 0 saturated carbocycles. The quantitative estimate of drug-likeness (QED) is 0.853. The van der Waals surface area contributed by atoms with Crippen LogP contribution in [0.2, 0.25) is 0 Å². The van der Waals surface area contributed by atoms with Crippen LogP contribution in [0, 0.1) is 0 Å². The van der Waals surface area contributed by atoms with Gasteiger partial charge in [-0.1, -0.05) is 12.1 Å². The summed E-state index contributed by atoms with van der Waals surface area (Å²) in [5, 5.41) is 12.0. The lowest BCUT2D eigenvalue weighted by Gasteiger charge is -2.17. The van der Waals surface area contributed by atoms with Gasteiger partial charge in [0.2, 0.25) is 0 Å². The molecule has 0 atom stereocenters. The van der Waals surface area contributed by atoms with E-state index in [1.807, 2.05) is 18.2 Å². The first-order valence-electron chi connectivity index (χ1n) is 4.19. The van der Waals surface area contributed by atoms with E-state index in [0.29, 0.717) is 5.69 Å². The van der Waals surface area contributed by atoms with Gasteiger partial charge in [0.1, 0.15) is 5.60 Å². The van der Waals surface area contributed by atoms with Gasteiger partial charge in [-0.3, -0.25) is 4.79 Å². The highest BCUT2D eigenvalue weighted by Gasteiger charge is 2.23. The summed E-state index contributed by atoms with van der Waals surface area (Å²) in [6.45, 7) is 2.89. The SMILES string of the molecule is CC(C)(O)C(=O)Nc1ccccc1Br. The largest absolute Gasteiger partial charge is 0.381 e. The van der Waals surface area contributed by atoms with Crippen molar-refractivity contribution in [2.75, 3.05) is 5.32 Å². The van der Waals surface area contributed by atoms with Crippen LogP contribution in [0.4, 0.5) is 5.69 Å². The van der Waals surface area contributed by atoms with Gasteiger partial charge in [-0.25, -0.2) is 0 Å². The molecule has 0 heterocycles. The Morgan fingerprint density at radius 1 is 1.43 bits per heavy atom. The third kappa shape index (κ3) is 2.82. The van der Waals surface area contributed by atoms with Crippen LogP contribution in [0.5, 0.6) is 0 Å². The molecule has 1 aromatic carbocycles. The number of rotatable bonds is 2. The van der Waals surface area contributed by atoms with Gasteiger partial charge >= 0.3 is 0 Å². The summed E-state index contributed by atoms with van der Waals surface area (Å²) < 4.78 is 0.789. The minimum atomic E-state index is -1.37. The van der Waals surface area contributed by atoms with Gasteiger partial charge < -0.3 is 10.4 Å².